The van der Waals surface area contributed by atoms with Crippen molar-refractivity contribution < 1.29 is 27.2 Å². The van der Waals surface area contributed by atoms with E-state index in [0.29, 0.717) is 19.6 Å². The average molecular weight is 357 g/mol. The van der Waals surface area contributed by atoms with Gasteiger partial charge in [-0.1, -0.05) is 17.3 Å². The van der Waals surface area contributed by atoms with Crippen LogP contribution in [0.2, 0.25) is 0 Å². The Hall–Kier alpha value is -2.42. The van der Waals surface area contributed by atoms with E-state index in [9.17, 15) is 18.0 Å². The monoisotopic (exact) mass is 357 g/mol. The maximum absolute atomic E-state index is 12.7. The van der Waals surface area contributed by atoms with Crippen LogP contribution in [0.15, 0.2) is 28.8 Å². The molecule has 0 saturated carbocycles. The van der Waals surface area contributed by atoms with E-state index in [0.717, 1.165) is 12.1 Å². The van der Waals surface area contributed by atoms with Crippen molar-refractivity contribution in [2.24, 2.45) is 0 Å². The largest absolute Gasteiger partial charge is 0.416 e. The summed E-state index contributed by atoms with van der Waals surface area (Å²) in [6.45, 7) is 1.07. The first-order chi connectivity index (χ1) is 11.9. The fraction of sp³-hybridized carbons (Fsp3) is 0.438. The lowest BCUT2D eigenvalue weighted by Gasteiger charge is -2.06. The Morgan fingerprint density at radius 2 is 2.16 bits per heavy atom. The zero-order valence-electron chi connectivity index (χ0n) is 13.6. The van der Waals surface area contributed by atoms with Gasteiger partial charge in [0.25, 0.3) is 0 Å². The number of nitrogens with one attached hydrogen (secondary N) is 1. The minimum atomic E-state index is -4.44. The summed E-state index contributed by atoms with van der Waals surface area (Å²) in [4.78, 5) is 15.7. The summed E-state index contributed by atoms with van der Waals surface area (Å²) < 4.78 is 48.1. The third kappa shape index (κ3) is 5.86. The summed E-state index contributed by atoms with van der Waals surface area (Å²) in [6, 6.07) is 4.67. The smallest absolute Gasteiger partial charge is 0.385 e. The van der Waals surface area contributed by atoms with E-state index < -0.39 is 11.7 Å². The van der Waals surface area contributed by atoms with Gasteiger partial charge in [0.2, 0.25) is 17.6 Å². The van der Waals surface area contributed by atoms with Crippen molar-refractivity contribution in [3.63, 3.8) is 0 Å². The number of aromatic nitrogens is 2. The summed E-state index contributed by atoms with van der Waals surface area (Å²) >= 11 is 0. The fourth-order valence-electron chi connectivity index (χ4n) is 2.06. The molecule has 0 atom stereocenters. The number of ether oxygens (including phenoxy) is 1. The Labute approximate surface area is 142 Å². The number of rotatable bonds is 8. The lowest BCUT2D eigenvalue weighted by molar-refractivity contribution is -0.137. The first kappa shape index (κ1) is 18.9. The van der Waals surface area contributed by atoms with Crippen LogP contribution in [0.5, 0.6) is 0 Å². The summed E-state index contributed by atoms with van der Waals surface area (Å²) in [6.07, 6.45) is -3.37. The molecule has 0 spiro atoms. The number of amides is 1. The summed E-state index contributed by atoms with van der Waals surface area (Å²) in [5, 5.41) is 6.39. The Kier molecular flexibility index (Phi) is 6.51. The van der Waals surface area contributed by atoms with Crippen molar-refractivity contribution >= 4 is 5.91 Å². The number of hydrogen-bond acceptors (Lipinski definition) is 5. The molecule has 2 rings (SSSR count). The molecule has 1 amide bonds. The lowest BCUT2D eigenvalue weighted by Crippen LogP contribution is -2.25. The lowest BCUT2D eigenvalue weighted by atomic mass is 10.1. The second kappa shape index (κ2) is 8.61. The van der Waals surface area contributed by atoms with E-state index in [1.165, 1.54) is 12.1 Å². The molecule has 6 nitrogen and oxygen atoms in total. The first-order valence-electron chi connectivity index (χ1n) is 7.66. The third-order valence-electron chi connectivity index (χ3n) is 3.33. The molecule has 0 unspecified atom stereocenters. The number of hydrogen-bond donors (Lipinski definition) is 1. The fourth-order valence-corrected chi connectivity index (χ4v) is 2.06. The quantitative estimate of drug-likeness (QED) is 0.735. The molecule has 1 aromatic heterocycles. The van der Waals surface area contributed by atoms with Crippen LogP contribution in [0.1, 0.15) is 24.3 Å². The first-order valence-corrected chi connectivity index (χ1v) is 7.66. The van der Waals surface area contributed by atoms with Crippen molar-refractivity contribution in [1.29, 1.82) is 0 Å². The number of benzene rings is 1. The minimum absolute atomic E-state index is 0.0570. The number of methoxy groups -OCH3 is 1. The molecule has 0 radical (unpaired) electrons. The molecule has 0 aliphatic heterocycles. The van der Waals surface area contributed by atoms with Crippen LogP contribution in [0.3, 0.4) is 0 Å². The van der Waals surface area contributed by atoms with Gasteiger partial charge >= 0.3 is 6.18 Å². The molecule has 0 aliphatic rings. The molecule has 0 fully saturated rings. The molecule has 1 aromatic carbocycles. The van der Waals surface area contributed by atoms with Crippen LogP contribution < -0.4 is 5.32 Å². The third-order valence-corrected chi connectivity index (χ3v) is 3.33. The highest BCUT2D eigenvalue weighted by atomic mass is 19.4. The van der Waals surface area contributed by atoms with Gasteiger partial charge in [-0.3, -0.25) is 4.79 Å². The van der Waals surface area contributed by atoms with Gasteiger partial charge in [0, 0.05) is 38.7 Å². The molecule has 1 N–H and O–H groups in total. The highest BCUT2D eigenvalue weighted by Crippen LogP contribution is 2.31. The Morgan fingerprint density at radius 3 is 2.88 bits per heavy atom. The number of carbonyl (C=O) groups excluding carboxylic acids is 1. The van der Waals surface area contributed by atoms with Gasteiger partial charge in [0.05, 0.1) is 5.56 Å². The Bertz CT molecular complexity index is 701. The van der Waals surface area contributed by atoms with Crippen molar-refractivity contribution in [3.05, 3.63) is 35.7 Å². The van der Waals surface area contributed by atoms with E-state index in [1.807, 2.05) is 0 Å². The second-order valence-electron chi connectivity index (χ2n) is 5.29. The van der Waals surface area contributed by atoms with Gasteiger partial charge in [-0.25, -0.2) is 0 Å². The minimum Gasteiger partial charge on any atom is -0.385 e. The van der Waals surface area contributed by atoms with E-state index in [-0.39, 0.29) is 36.0 Å². The molecule has 1 heterocycles. The van der Waals surface area contributed by atoms with Gasteiger partial charge in [0.1, 0.15) is 0 Å². The van der Waals surface area contributed by atoms with Crippen LogP contribution in [0.25, 0.3) is 11.4 Å². The predicted molar refractivity (Wildman–Crippen MR) is 82.6 cm³/mol. The summed E-state index contributed by atoms with van der Waals surface area (Å²) in [5.41, 5.74) is -0.583. The van der Waals surface area contributed by atoms with Gasteiger partial charge in [-0.15, -0.1) is 0 Å². The Morgan fingerprint density at radius 1 is 1.36 bits per heavy atom. The highest BCUT2D eigenvalue weighted by molar-refractivity contribution is 5.75. The molecule has 2 aromatic rings. The van der Waals surface area contributed by atoms with Gasteiger partial charge in [-0.05, 0) is 18.6 Å². The molecule has 0 bridgehead atoms. The molecular weight excluding hydrogens is 339 g/mol. The maximum atomic E-state index is 12.7. The molecular formula is C16H18F3N3O3. The normalized spacial score (nSPS) is 11.5. The SMILES string of the molecule is COCCCNC(=O)CCc1nc(-c2cccc(C(F)(F)F)c2)no1. The number of carbonyl (C=O) groups is 1. The Balaban J connectivity index is 1.91. The number of aryl methyl sites for hydroxylation is 1. The maximum Gasteiger partial charge on any atom is 0.416 e. The number of alkyl halides is 3. The van der Waals surface area contributed by atoms with Crippen LogP contribution >= 0.6 is 0 Å². The molecule has 0 saturated heterocycles. The summed E-state index contributed by atoms with van der Waals surface area (Å²) in [7, 11) is 1.58. The standard InChI is InChI=1S/C16H18F3N3O3/c1-24-9-3-8-20-13(23)6-7-14-21-15(22-25-14)11-4-2-5-12(10-11)16(17,18)19/h2,4-5,10H,3,6-9H2,1H3,(H,20,23). The topological polar surface area (TPSA) is 77.2 Å². The average Bonchev–Trinajstić information content (AvgIpc) is 3.05. The molecule has 25 heavy (non-hydrogen) atoms. The summed E-state index contributed by atoms with van der Waals surface area (Å²) in [5.74, 6) is 0.0796. The van der Waals surface area contributed by atoms with Crippen LogP contribution in [0, 0.1) is 0 Å². The number of halogens is 3. The van der Waals surface area contributed by atoms with E-state index in [2.05, 4.69) is 15.5 Å². The van der Waals surface area contributed by atoms with Crippen LogP contribution in [-0.4, -0.2) is 36.3 Å². The second-order valence-corrected chi connectivity index (χ2v) is 5.29. The zero-order valence-corrected chi connectivity index (χ0v) is 13.6. The van der Waals surface area contributed by atoms with Crippen molar-refractivity contribution in [2.75, 3.05) is 20.3 Å². The zero-order chi connectivity index (χ0) is 18.3. The molecule has 9 heteroatoms. The van der Waals surface area contributed by atoms with Crippen LogP contribution in [0.4, 0.5) is 13.2 Å². The van der Waals surface area contributed by atoms with Crippen molar-refractivity contribution in [3.8, 4) is 11.4 Å². The van der Waals surface area contributed by atoms with Gasteiger partial charge in [0.15, 0.2) is 0 Å². The predicted octanol–water partition coefficient (Wildman–Crippen LogP) is 2.84. The molecule has 136 valence electrons. The van der Waals surface area contributed by atoms with Crippen LogP contribution in [-0.2, 0) is 22.1 Å². The van der Waals surface area contributed by atoms with E-state index in [1.54, 1.807) is 7.11 Å². The number of nitrogens with zero attached hydrogens (tertiary/aromatic N) is 2. The van der Waals surface area contributed by atoms with Gasteiger partial charge < -0.3 is 14.6 Å². The van der Waals surface area contributed by atoms with Crippen molar-refractivity contribution in [1.82, 2.24) is 15.5 Å². The van der Waals surface area contributed by atoms with Gasteiger partial charge in [-0.2, -0.15) is 18.2 Å². The molecule has 0 aliphatic carbocycles. The van der Waals surface area contributed by atoms with E-state index >= 15 is 0 Å². The van der Waals surface area contributed by atoms with Crippen molar-refractivity contribution in [2.45, 2.75) is 25.4 Å². The highest BCUT2D eigenvalue weighted by Gasteiger charge is 2.30. The van der Waals surface area contributed by atoms with E-state index in [4.69, 9.17) is 9.26 Å².